The molecular weight excluding hydrogens is 1790 g/mol. The second-order valence-electron chi connectivity index (χ2n) is 36.9. The molecule has 2 aromatic heterocycles. The molecule has 0 aliphatic carbocycles. The maximum atomic E-state index is 8.34. The van der Waals surface area contributed by atoms with Crippen molar-refractivity contribution in [2.24, 2.45) is 67.3 Å². The van der Waals surface area contributed by atoms with E-state index in [0.717, 1.165) is 94.2 Å². The first-order chi connectivity index (χ1) is 59.8. The molecule has 0 amide bonds. The predicted molar refractivity (Wildman–Crippen MR) is 527 cm³/mol. The van der Waals surface area contributed by atoms with Crippen molar-refractivity contribution in [1.82, 2.24) is 24.3 Å². The molecule has 1 N–H and O–H groups in total. The number of amidine groups is 2. The summed E-state index contributed by atoms with van der Waals surface area (Å²) in [6, 6.07) is 0. The zero-order valence-corrected chi connectivity index (χ0v) is 87.9. The average molecular weight is 1930 g/mol. The van der Waals surface area contributed by atoms with E-state index in [0.29, 0.717) is 250 Å². The Morgan fingerprint density at radius 3 is 1.35 bits per heavy atom. The quantitative estimate of drug-likeness (QED) is 0.0164. The van der Waals surface area contributed by atoms with Crippen molar-refractivity contribution in [3.05, 3.63) is 47.8 Å². The van der Waals surface area contributed by atoms with Crippen LogP contribution in [0.4, 0.5) is 11.6 Å². The number of hydrogen-bond acceptors (Lipinski definition) is 20. The van der Waals surface area contributed by atoms with Crippen LogP contribution in [0.2, 0.25) is 20.1 Å². The van der Waals surface area contributed by atoms with E-state index >= 15 is 0 Å². The third-order valence-electron chi connectivity index (χ3n) is 23.6. The molecule has 6 bridgehead atoms. The van der Waals surface area contributed by atoms with Gasteiger partial charge in [-0.2, -0.15) is 9.62 Å². The summed E-state index contributed by atoms with van der Waals surface area (Å²) >= 11 is 39.9. The zero-order valence-electron chi connectivity index (χ0n) is 80.2. The van der Waals surface area contributed by atoms with Crippen molar-refractivity contribution < 1.29 is 75.2 Å². The van der Waals surface area contributed by atoms with E-state index in [4.69, 9.17) is 119 Å². The maximum Gasteiger partial charge on any atom is 0.286 e. The van der Waals surface area contributed by atoms with Gasteiger partial charge in [0, 0.05) is 81.3 Å². The number of quaternary nitrogens is 2. The van der Waals surface area contributed by atoms with Crippen molar-refractivity contribution in [1.29, 1.82) is 0 Å². The number of ether oxygens (including phenoxy) is 8. The Morgan fingerprint density at radius 2 is 0.857 bits per heavy atom. The molecule has 0 spiro atoms. The zero-order chi connectivity index (χ0) is 90.8. The van der Waals surface area contributed by atoms with E-state index in [9.17, 15) is 0 Å². The molecule has 4 aliphatic rings. The second-order valence-corrected chi connectivity index (χ2v) is 42.7. The third-order valence-corrected chi connectivity index (χ3v) is 29.7. The third kappa shape index (κ3) is 25.5. The number of thioether (sulfide) groups is 4. The molecule has 10 rings (SSSR count). The van der Waals surface area contributed by atoms with Gasteiger partial charge in [-0.1, -0.05) is 195 Å². The molecule has 1 atom stereocenters. The molecule has 699 valence electrons. The number of nitrogens with one attached hydrogen (secondary N) is 1. The smallest absolute Gasteiger partial charge is 0.286 e. The summed E-state index contributed by atoms with van der Waals surface area (Å²) in [4.78, 5) is 44.3. The van der Waals surface area contributed by atoms with Gasteiger partial charge < -0.3 is 67.1 Å². The largest absolute Gasteiger partial charge is 0.493 e. The van der Waals surface area contributed by atoms with Crippen LogP contribution < -0.4 is 63.5 Å². The van der Waals surface area contributed by atoms with Crippen LogP contribution in [0, 0.1) is 47.3 Å². The number of nitrogens with zero attached hydrogens (tertiary/aromatic N) is 11. The van der Waals surface area contributed by atoms with Gasteiger partial charge in [-0.3, -0.25) is 4.90 Å². The predicted octanol–water partition coefficient (Wildman–Crippen LogP) is 22.7. The first kappa shape index (κ1) is 105. The van der Waals surface area contributed by atoms with Crippen molar-refractivity contribution in [3.8, 4) is 51.8 Å². The number of halogens is 4. The van der Waals surface area contributed by atoms with E-state index in [1.807, 2.05) is 0 Å². The van der Waals surface area contributed by atoms with E-state index < -0.39 is 0 Å². The van der Waals surface area contributed by atoms with Gasteiger partial charge in [-0.05, 0) is 150 Å². The number of fused-ring (bicyclic) bond motifs is 15. The Balaban J connectivity index is 0.0000180. The van der Waals surface area contributed by atoms with E-state index in [1.165, 1.54) is 4.90 Å². The normalized spacial score (nSPS) is 13.3. The molecular formula is C96H146Cl4N12O9S4V+2. The first-order valence-electron chi connectivity index (χ1n) is 46.5. The molecule has 4 aliphatic heterocycles. The summed E-state index contributed by atoms with van der Waals surface area (Å²) in [5, 5.41) is 4.50. The second kappa shape index (κ2) is 49.4. The fourth-order valence-electron chi connectivity index (χ4n) is 14.5. The number of hydrogen-bond donors (Lipinski definition) is 1. The summed E-state index contributed by atoms with van der Waals surface area (Å²) in [5.41, 5.74) is 2.42. The molecule has 0 fully saturated rings. The van der Waals surface area contributed by atoms with Crippen LogP contribution in [0.5, 0.6) is 46.0 Å². The summed E-state index contributed by atoms with van der Waals surface area (Å²) in [5.74, 6) is 10.0. The molecule has 0 saturated carbocycles. The molecule has 4 aromatic carbocycles. The van der Waals surface area contributed by atoms with Gasteiger partial charge in [0.25, 0.3) is 11.5 Å². The molecule has 1 radical (unpaired) electrons. The molecule has 21 nitrogen and oxygen atoms in total. The fraction of sp³-hybridized carbons (Fsp3) is 0.667. The van der Waals surface area contributed by atoms with E-state index in [-0.39, 0.29) is 100 Å². The molecule has 30 heteroatoms. The van der Waals surface area contributed by atoms with Gasteiger partial charge in [0.15, 0.2) is 23.2 Å². The standard InChI is InChI=1S/C96H145Cl4N12O9S4.V/c1-26-107(24)41-52-123-86-75(98)80(115-46-35-59(12)13)68-69(83(86)118-49-38-62(18)19)92-103-90(68)101-89-66-67(79(114-45-34-58(10)11)74(97)65(55-122-56-109(29-4)30-5)78(66)113-44-33-57(8)9)91(102-89)104-94-72-71(82(117-48-37-61(16)17)77(100)88(84(72)119-50-39-63(20)21)125-54-43-112(25,31-6)32-7)95-106-96-73-70(93(105-92)110(96)121-111(94)95)81(116-47-36-60(14)15)76(99)87(85(73)120-51-40-64(22)23)124-53-42-108(27-2)28-3;/h57-64H,26-56H2,1-25H3;/q+1;/p+1. The Bertz CT molecular complexity index is 5100. The first-order valence-corrected chi connectivity index (χ1v) is 52.1. The number of rotatable bonds is 55. The van der Waals surface area contributed by atoms with Gasteiger partial charge in [0.1, 0.15) is 60.3 Å². The molecule has 6 aromatic rings. The molecule has 1 unspecified atom stereocenters. The summed E-state index contributed by atoms with van der Waals surface area (Å²) in [7, 11) is 4.52. The van der Waals surface area contributed by atoms with Gasteiger partial charge in [0.2, 0.25) is 5.82 Å². The Kier molecular flexibility index (Phi) is 41.2. The molecule has 126 heavy (non-hydrogen) atoms. The number of benzene rings is 4. The van der Waals surface area contributed by atoms with Crippen LogP contribution in [-0.4, -0.2) is 191 Å². The van der Waals surface area contributed by atoms with Crippen LogP contribution in [0.25, 0.3) is 43.8 Å². The van der Waals surface area contributed by atoms with Gasteiger partial charge in [-0.25, -0.2) is 4.99 Å². The van der Waals surface area contributed by atoms with E-state index in [1.54, 1.807) is 56.4 Å². The van der Waals surface area contributed by atoms with Crippen molar-refractivity contribution in [2.75, 3.05) is 156 Å². The van der Waals surface area contributed by atoms with Crippen LogP contribution >= 0.6 is 93.5 Å². The minimum absolute atomic E-state index is 0. The summed E-state index contributed by atoms with van der Waals surface area (Å²) in [6.07, 6.45) is 5.69. The van der Waals surface area contributed by atoms with Gasteiger partial charge in [0.05, 0.1) is 147 Å². The maximum absolute atomic E-state index is 8.34. The van der Waals surface area contributed by atoms with Crippen LogP contribution in [0.1, 0.15) is 227 Å². The summed E-state index contributed by atoms with van der Waals surface area (Å²) < 4.78 is 71.7. The van der Waals surface area contributed by atoms with Crippen molar-refractivity contribution in [3.63, 3.8) is 0 Å². The Hall–Kier alpha value is -4.58. The monoisotopic (exact) mass is 1930 g/mol. The van der Waals surface area contributed by atoms with Crippen molar-refractivity contribution >= 4 is 155 Å². The van der Waals surface area contributed by atoms with Gasteiger partial charge >= 0.3 is 0 Å². The minimum Gasteiger partial charge on any atom is -0.493 e. The number of aromatic nitrogens is 4. The number of aliphatic imine (C=N–C) groups is 2. The Labute approximate surface area is 801 Å². The van der Waals surface area contributed by atoms with E-state index in [2.05, 4.69) is 183 Å². The Morgan fingerprint density at radius 1 is 0.452 bits per heavy atom. The van der Waals surface area contributed by atoms with Crippen LogP contribution in [0.15, 0.2) is 39.3 Å². The van der Waals surface area contributed by atoms with Crippen LogP contribution in [-0.2, 0) is 24.3 Å². The fourth-order valence-corrected chi connectivity index (χ4v) is 20.8. The topological polar surface area (TPSA) is 183 Å². The molecule has 6 heterocycles. The van der Waals surface area contributed by atoms with Crippen LogP contribution in [0.3, 0.4) is 0 Å². The molecule has 0 saturated heterocycles. The van der Waals surface area contributed by atoms with Gasteiger partial charge in [-0.15, -0.1) is 47.0 Å². The SMILES string of the molecule is CCN(CC)CCSc1c(Cl)c(OCCC(C)C)c2c3n4o[n+]5c(c6c(OCCC(C)C)c(SCC[N+](C)(CC)CC)c(Cl)c(OCCC(C)C)c6c-5nc4c2c1OCCC(C)C)N=c1[n-]c(c2c(OCCC(C)C)c(CSCN(CC)CC)c(Cl)c(OCCC(C)C)c12)=NC1=NC(=N3)c2c(OCCC(C)C)c(SCC[NH+](C)CC)c(Cl)c(OCCC(C)C)c21.[V]. The average Bonchev–Trinajstić information content (AvgIpc) is 1.53. The van der Waals surface area contributed by atoms with Crippen molar-refractivity contribution in [2.45, 2.75) is 231 Å². The minimum atomic E-state index is 0. The summed E-state index contributed by atoms with van der Waals surface area (Å²) in [6.45, 7) is 62.0.